The second kappa shape index (κ2) is 12.1. The van der Waals surface area contributed by atoms with Crippen molar-refractivity contribution in [2.24, 2.45) is 0 Å². The van der Waals surface area contributed by atoms with E-state index in [4.69, 9.17) is 21.2 Å². The van der Waals surface area contributed by atoms with Crippen molar-refractivity contribution in [1.29, 1.82) is 0 Å². The minimum absolute atomic E-state index is 0.330. The Kier molecular flexibility index (Phi) is 8.65. The van der Waals surface area contributed by atoms with E-state index in [0.29, 0.717) is 18.3 Å². The summed E-state index contributed by atoms with van der Waals surface area (Å²) in [5.41, 5.74) is 4.17. The van der Waals surface area contributed by atoms with Gasteiger partial charge in [0.1, 0.15) is 5.82 Å². The standard InChI is InChI=1S/C24H30ClN5O3/c25-21-6-2-1-5-18(21)10-12-30-13-11-20(17-30)28-22-16-26-19(15-27-22)8-9-23(31)29-33-24-7-3-4-14-32-24/h1-2,5-6,8-9,15-16,20,24H,3-4,7,10-14,17H2,(H,27,28)(H,29,31)/t20-,24?/m1/s1. The molecule has 1 amide bonds. The number of amides is 1. The van der Waals surface area contributed by atoms with E-state index in [1.807, 2.05) is 18.2 Å². The molecule has 4 rings (SSSR count). The Morgan fingerprint density at radius 3 is 2.94 bits per heavy atom. The van der Waals surface area contributed by atoms with Crippen LogP contribution in [0.25, 0.3) is 6.08 Å². The Morgan fingerprint density at radius 2 is 2.15 bits per heavy atom. The molecular formula is C24H30ClN5O3. The van der Waals surface area contributed by atoms with Gasteiger partial charge >= 0.3 is 0 Å². The van der Waals surface area contributed by atoms with Crippen LogP contribution in [-0.4, -0.2) is 59.3 Å². The van der Waals surface area contributed by atoms with E-state index in [1.165, 1.54) is 11.6 Å². The number of hydrogen-bond donors (Lipinski definition) is 2. The smallest absolute Gasteiger partial charge is 0.267 e. The number of carbonyl (C=O) groups is 1. The third kappa shape index (κ3) is 7.50. The zero-order valence-corrected chi connectivity index (χ0v) is 19.3. The fourth-order valence-electron chi connectivity index (χ4n) is 3.96. The molecular weight excluding hydrogens is 442 g/mol. The number of carbonyl (C=O) groups excluding carboxylic acids is 1. The van der Waals surface area contributed by atoms with Crippen molar-refractivity contribution in [2.75, 3.05) is 31.6 Å². The maximum atomic E-state index is 11.9. The van der Waals surface area contributed by atoms with E-state index < -0.39 is 0 Å². The Morgan fingerprint density at radius 1 is 1.24 bits per heavy atom. The molecule has 2 fully saturated rings. The second-order valence-corrected chi connectivity index (χ2v) is 8.72. The predicted molar refractivity (Wildman–Crippen MR) is 128 cm³/mol. The van der Waals surface area contributed by atoms with Gasteiger partial charge in [0, 0.05) is 49.8 Å². The number of nitrogens with one attached hydrogen (secondary N) is 2. The van der Waals surface area contributed by atoms with Crippen LogP contribution in [0.3, 0.4) is 0 Å². The molecule has 0 radical (unpaired) electrons. The van der Waals surface area contributed by atoms with Crippen molar-refractivity contribution in [3.8, 4) is 0 Å². The number of aromatic nitrogens is 2. The summed E-state index contributed by atoms with van der Waals surface area (Å²) in [6.45, 7) is 3.64. The molecule has 0 aliphatic carbocycles. The minimum Gasteiger partial charge on any atom is -0.365 e. The number of benzene rings is 1. The first-order chi connectivity index (χ1) is 16.2. The van der Waals surface area contributed by atoms with E-state index in [1.54, 1.807) is 18.5 Å². The molecule has 2 aliphatic rings. The summed E-state index contributed by atoms with van der Waals surface area (Å²) in [5.74, 6) is 0.364. The second-order valence-electron chi connectivity index (χ2n) is 8.31. The van der Waals surface area contributed by atoms with Crippen LogP contribution in [0.4, 0.5) is 5.82 Å². The Balaban J connectivity index is 1.17. The Labute approximate surface area is 199 Å². The van der Waals surface area contributed by atoms with Crippen molar-refractivity contribution in [3.63, 3.8) is 0 Å². The lowest BCUT2D eigenvalue weighted by Crippen LogP contribution is -2.32. The highest BCUT2D eigenvalue weighted by atomic mass is 35.5. The van der Waals surface area contributed by atoms with Gasteiger partial charge in [0.05, 0.1) is 18.1 Å². The maximum absolute atomic E-state index is 11.9. The Bertz CT molecular complexity index is 934. The SMILES string of the molecule is O=C(C=Cc1cnc(N[C@@H]2CCN(CCc3ccccc3Cl)C2)cn1)NOC1CCCCO1. The molecule has 3 heterocycles. The van der Waals surface area contributed by atoms with Crippen molar-refractivity contribution >= 4 is 29.4 Å². The predicted octanol–water partition coefficient (Wildman–Crippen LogP) is 3.45. The van der Waals surface area contributed by atoms with E-state index in [9.17, 15) is 4.79 Å². The molecule has 176 valence electrons. The number of ether oxygens (including phenoxy) is 1. The number of rotatable bonds is 9. The van der Waals surface area contributed by atoms with E-state index in [0.717, 1.165) is 62.6 Å². The number of anilines is 1. The first-order valence-electron chi connectivity index (χ1n) is 11.5. The normalized spacial score (nSPS) is 21.4. The molecule has 0 bridgehead atoms. The molecule has 0 saturated carbocycles. The first-order valence-corrected chi connectivity index (χ1v) is 11.8. The molecule has 1 aromatic heterocycles. The fraction of sp³-hybridized carbons (Fsp3) is 0.458. The zero-order valence-electron chi connectivity index (χ0n) is 18.6. The van der Waals surface area contributed by atoms with Gasteiger partial charge in [-0.15, -0.1) is 0 Å². The van der Waals surface area contributed by atoms with Crippen molar-refractivity contribution in [2.45, 2.75) is 44.4 Å². The molecule has 1 aromatic carbocycles. The van der Waals surface area contributed by atoms with Crippen LogP contribution < -0.4 is 10.8 Å². The van der Waals surface area contributed by atoms with Gasteiger partial charge in [-0.25, -0.2) is 15.3 Å². The molecule has 9 heteroatoms. The summed E-state index contributed by atoms with van der Waals surface area (Å²) in [4.78, 5) is 28.4. The average Bonchev–Trinajstić information content (AvgIpc) is 3.29. The van der Waals surface area contributed by atoms with Gasteiger partial charge in [-0.3, -0.25) is 9.78 Å². The number of hydroxylamine groups is 1. The first kappa shape index (κ1) is 23.6. The van der Waals surface area contributed by atoms with Crippen LogP contribution in [0.15, 0.2) is 42.7 Å². The molecule has 2 aliphatic heterocycles. The highest BCUT2D eigenvalue weighted by Crippen LogP contribution is 2.18. The fourth-order valence-corrected chi connectivity index (χ4v) is 4.19. The van der Waals surface area contributed by atoms with E-state index in [-0.39, 0.29) is 12.2 Å². The topological polar surface area (TPSA) is 88.6 Å². The number of nitrogens with zero attached hydrogens (tertiary/aromatic N) is 3. The average molecular weight is 472 g/mol. The van der Waals surface area contributed by atoms with Crippen LogP contribution in [0.2, 0.25) is 5.02 Å². The van der Waals surface area contributed by atoms with Gasteiger partial charge in [-0.1, -0.05) is 29.8 Å². The molecule has 2 N–H and O–H groups in total. The van der Waals surface area contributed by atoms with Crippen LogP contribution in [0.1, 0.15) is 36.9 Å². The van der Waals surface area contributed by atoms with Gasteiger partial charge in [-0.05, 0) is 43.4 Å². The quantitative estimate of drug-likeness (QED) is 0.427. The molecule has 2 atom stereocenters. The Hall–Kier alpha value is -2.52. The molecule has 2 aromatic rings. The highest BCUT2D eigenvalue weighted by molar-refractivity contribution is 6.31. The van der Waals surface area contributed by atoms with Crippen LogP contribution in [0, 0.1) is 0 Å². The van der Waals surface area contributed by atoms with Crippen molar-refractivity contribution < 1.29 is 14.4 Å². The lowest BCUT2D eigenvalue weighted by atomic mass is 10.1. The summed E-state index contributed by atoms with van der Waals surface area (Å²) >= 11 is 6.26. The van der Waals surface area contributed by atoms with Gasteiger partial charge < -0.3 is 15.0 Å². The minimum atomic E-state index is -0.371. The lowest BCUT2D eigenvalue weighted by Gasteiger charge is -2.21. The largest absolute Gasteiger partial charge is 0.365 e. The van der Waals surface area contributed by atoms with Crippen molar-refractivity contribution in [1.82, 2.24) is 20.3 Å². The molecule has 1 unspecified atom stereocenters. The lowest BCUT2D eigenvalue weighted by molar-refractivity contribution is -0.198. The number of halogens is 1. The monoisotopic (exact) mass is 471 g/mol. The van der Waals surface area contributed by atoms with Crippen LogP contribution >= 0.6 is 11.6 Å². The molecule has 33 heavy (non-hydrogen) atoms. The van der Waals surface area contributed by atoms with E-state index >= 15 is 0 Å². The number of hydrogen-bond acceptors (Lipinski definition) is 7. The third-order valence-corrected chi connectivity index (χ3v) is 6.15. The van der Waals surface area contributed by atoms with Gasteiger partial charge in [0.15, 0.2) is 6.29 Å². The van der Waals surface area contributed by atoms with Gasteiger partial charge in [0.2, 0.25) is 0 Å². The summed E-state index contributed by atoms with van der Waals surface area (Å²) in [6.07, 6.45) is 10.8. The number of likely N-dealkylation sites (tertiary alicyclic amines) is 1. The summed E-state index contributed by atoms with van der Waals surface area (Å²) in [5, 5.41) is 4.28. The van der Waals surface area contributed by atoms with Gasteiger partial charge in [-0.2, -0.15) is 0 Å². The van der Waals surface area contributed by atoms with E-state index in [2.05, 4.69) is 31.7 Å². The maximum Gasteiger partial charge on any atom is 0.267 e. The van der Waals surface area contributed by atoms with Crippen molar-refractivity contribution in [3.05, 3.63) is 59.0 Å². The van der Waals surface area contributed by atoms with Gasteiger partial charge in [0.25, 0.3) is 5.91 Å². The van der Waals surface area contributed by atoms with Crippen LogP contribution in [0.5, 0.6) is 0 Å². The summed E-state index contributed by atoms with van der Waals surface area (Å²) in [6, 6.07) is 8.34. The molecule has 0 spiro atoms. The summed E-state index contributed by atoms with van der Waals surface area (Å²) in [7, 11) is 0. The molecule has 8 nitrogen and oxygen atoms in total. The molecule has 2 saturated heterocycles. The van der Waals surface area contributed by atoms with Crippen LogP contribution in [-0.2, 0) is 20.8 Å². The summed E-state index contributed by atoms with van der Waals surface area (Å²) < 4.78 is 5.41. The highest BCUT2D eigenvalue weighted by Gasteiger charge is 2.22. The zero-order chi connectivity index (χ0) is 22.9. The third-order valence-electron chi connectivity index (χ3n) is 5.79.